The first-order chi connectivity index (χ1) is 6.43. The van der Waals surface area contributed by atoms with Crippen LogP contribution in [0.5, 0.6) is 0 Å². The molecule has 0 saturated heterocycles. The van der Waals surface area contributed by atoms with Crippen LogP contribution in [0.15, 0.2) is 6.07 Å². The molecule has 1 heterocycles. The fraction of sp³-hybridized carbons (Fsp3) is 0.167. The van der Waals surface area contributed by atoms with Crippen molar-refractivity contribution in [2.45, 2.75) is 6.43 Å². The van der Waals surface area contributed by atoms with E-state index in [4.69, 9.17) is 11.6 Å². The van der Waals surface area contributed by atoms with Crippen molar-refractivity contribution < 1.29 is 13.7 Å². The molecule has 0 spiro atoms. The summed E-state index contributed by atoms with van der Waals surface area (Å²) in [5.74, 6) is 0. The highest BCUT2D eigenvalue weighted by atomic mass is 127. The van der Waals surface area contributed by atoms with Gasteiger partial charge in [0.15, 0.2) is 0 Å². The number of alkyl halides is 2. The second kappa shape index (κ2) is 4.30. The molecule has 1 aromatic heterocycles. The minimum Gasteiger partial charge on any atom is -0.258 e. The van der Waals surface area contributed by atoms with Crippen LogP contribution in [0.3, 0.4) is 0 Å². The molecule has 8 heteroatoms. The average Bonchev–Trinajstić information content (AvgIpc) is 2.08. The quantitative estimate of drug-likeness (QED) is 0.361. The van der Waals surface area contributed by atoms with Crippen LogP contribution in [0.1, 0.15) is 12.1 Å². The number of hydrogen-bond acceptors (Lipinski definition) is 3. The van der Waals surface area contributed by atoms with Crippen LogP contribution in [0.4, 0.5) is 14.5 Å². The van der Waals surface area contributed by atoms with Gasteiger partial charge in [0.05, 0.1) is 4.92 Å². The van der Waals surface area contributed by atoms with Crippen LogP contribution in [-0.2, 0) is 0 Å². The van der Waals surface area contributed by atoms with Gasteiger partial charge in [0, 0.05) is 6.07 Å². The van der Waals surface area contributed by atoms with Crippen LogP contribution in [0.2, 0.25) is 5.15 Å². The molecule has 0 unspecified atom stereocenters. The zero-order valence-electron chi connectivity index (χ0n) is 6.38. The smallest absolute Gasteiger partial charge is 0.258 e. The molecule has 4 nitrogen and oxygen atoms in total. The van der Waals surface area contributed by atoms with Gasteiger partial charge in [-0.3, -0.25) is 10.1 Å². The second-order valence-corrected chi connectivity index (χ2v) is 3.67. The molecular formula is C6H2ClF2IN2O2. The fourth-order valence-electron chi connectivity index (χ4n) is 0.748. The molecule has 0 aliphatic rings. The van der Waals surface area contributed by atoms with E-state index in [9.17, 15) is 18.9 Å². The first kappa shape index (κ1) is 11.5. The Morgan fingerprint density at radius 1 is 1.64 bits per heavy atom. The van der Waals surface area contributed by atoms with Crippen molar-refractivity contribution in [3.63, 3.8) is 0 Å². The third-order valence-electron chi connectivity index (χ3n) is 1.34. The monoisotopic (exact) mass is 334 g/mol. The lowest BCUT2D eigenvalue weighted by Gasteiger charge is -2.01. The van der Waals surface area contributed by atoms with Crippen LogP contribution < -0.4 is 0 Å². The molecule has 0 atom stereocenters. The summed E-state index contributed by atoms with van der Waals surface area (Å²) in [5.41, 5.74) is -1.15. The average molecular weight is 334 g/mol. The third-order valence-corrected chi connectivity index (χ3v) is 2.99. The largest absolute Gasteiger partial charge is 0.287 e. The Labute approximate surface area is 95.6 Å². The number of aromatic nitrogens is 1. The first-order valence-electron chi connectivity index (χ1n) is 3.22. The lowest BCUT2D eigenvalue weighted by atomic mass is 10.3. The highest BCUT2D eigenvalue weighted by Gasteiger charge is 2.21. The standard InChI is InChI=1S/C6H2ClF2IN2O2/c7-5-4(10)3(12(13)14)1-2(11-5)6(8)9/h1,6H. The van der Waals surface area contributed by atoms with Crippen molar-refractivity contribution in [3.05, 3.63) is 30.6 Å². The Hall–Kier alpha value is -0.570. The summed E-state index contributed by atoms with van der Waals surface area (Å²) >= 11 is 7.03. The maximum atomic E-state index is 12.2. The fourth-order valence-corrected chi connectivity index (χ4v) is 1.42. The zero-order valence-corrected chi connectivity index (χ0v) is 9.29. The highest BCUT2D eigenvalue weighted by Crippen LogP contribution is 2.30. The number of pyridine rings is 1. The summed E-state index contributed by atoms with van der Waals surface area (Å²) in [5, 5.41) is 10.1. The number of halogens is 4. The summed E-state index contributed by atoms with van der Waals surface area (Å²) in [7, 11) is 0. The molecule has 0 amide bonds. The lowest BCUT2D eigenvalue weighted by Crippen LogP contribution is -1.98. The van der Waals surface area contributed by atoms with Crippen molar-refractivity contribution in [1.82, 2.24) is 4.98 Å². The topological polar surface area (TPSA) is 56.0 Å². The van der Waals surface area contributed by atoms with Crippen molar-refractivity contribution >= 4 is 39.9 Å². The van der Waals surface area contributed by atoms with Crippen molar-refractivity contribution in [2.75, 3.05) is 0 Å². The maximum absolute atomic E-state index is 12.2. The minimum absolute atomic E-state index is 0.0543. The molecule has 1 aromatic rings. The highest BCUT2D eigenvalue weighted by molar-refractivity contribution is 14.1. The molecule has 0 aliphatic carbocycles. The van der Waals surface area contributed by atoms with E-state index in [1.807, 2.05) is 0 Å². The molecule has 1 rings (SSSR count). The van der Waals surface area contributed by atoms with E-state index < -0.39 is 22.7 Å². The van der Waals surface area contributed by atoms with E-state index in [1.165, 1.54) is 0 Å². The van der Waals surface area contributed by atoms with Gasteiger partial charge in [-0.2, -0.15) is 0 Å². The molecule has 0 radical (unpaired) electrons. The molecule has 76 valence electrons. The van der Waals surface area contributed by atoms with Gasteiger partial charge in [-0.15, -0.1) is 0 Å². The third kappa shape index (κ3) is 2.27. The van der Waals surface area contributed by atoms with Crippen LogP contribution in [0, 0.1) is 13.7 Å². The van der Waals surface area contributed by atoms with E-state index in [0.717, 1.165) is 6.07 Å². The van der Waals surface area contributed by atoms with E-state index in [2.05, 4.69) is 4.98 Å². The summed E-state index contributed by atoms with van der Waals surface area (Å²) in [6.45, 7) is 0. The van der Waals surface area contributed by atoms with Gasteiger partial charge in [-0.05, 0) is 22.6 Å². The van der Waals surface area contributed by atoms with Gasteiger partial charge in [-0.1, -0.05) is 11.6 Å². The predicted octanol–water partition coefficient (Wildman–Crippen LogP) is 3.19. The zero-order chi connectivity index (χ0) is 10.9. The Balaban J connectivity index is 3.35. The molecule has 0 N–H and O–H groups in total. The Kier molecular flexibility index (Phi) is 3.53. The molecule has 0 fully saturated rings. The second-order valence-electron chi connectivity index (χ2n) is 2.23. The SMILES string of the molecule is O=[N+]([O-])c1cc(C(F)F)nc(Cl)c1I. The van der Waals surface area contributed by atoms with E-state index in [-0.39, 0.29) is 8.72 Å². The van der Waals surface area contributed by atoms with Gasteiger partial charge in [0.25, 0.3) is 12.1 Å². The Morgan fingerprint density at radius 2 is 2.21 bits per heavy atom. The number of nitro groups is 1. The summed E-state index contributed by atoms with van der Waals surface area (Å²) in [4.78, 5) is 13.0. The summed E-state index contributed by atoms with van der Waals surface area (Å²) in [6.07, 6.45) is -2.87. The van der Waals surface area contributed by atoms with E-state index >= 15 is 0 Å². The normalized spacial score (nSPS) is 10.6. The van der Waals surface area contributed by atoms with Crippen LogP contribution >= 0.6 is 34.2 Å². The van der Waals surface area contributed by atoms with E-state index in [1.54, 1.807) is 22.6 Å². The first-order valence-corrected chi connectivity index (χ1v) is 4.67. The molecule has 0 saturated carbocycles. The Bertz CT molecular complexity index is 388. The molecule has 0 aliphatic heterocycles. The van der Waals surface area contributed by atoms with Gasteiger partial charge < -0.3 is 0 Å². The van der Waals surface area contributed by atoms with Crippen LogP contribution in [-0.4, -0.2) is 9.91 Å². The maximum Gasteiger partial charge on any atom is 0.287 e. The lowest BCUT2D eigenvalue weighted by molar-refractivity contribution is -0.386. The van der Waals surface area contributed by atoms with Crippen molar-refractivity contribution in [2.24, 2.45) is 0 Å². The minimum atomic E-state index is -2.87. The number of nitrogens with zero attached hydrogens (tertiary/aromatic N) is 2. The van der Waals surface area contributed by atoms with Gasteiger partial charge in [0.2, 0.25) is 0 Å². The van der Waals surface area contributed by atoms with E-state index in [0.29, 0.717) is 0 Å². The summed E-state index contributed by atoms with van der Waals surface area (Å²) < 4.78 is 24.4. The van der Waals surface area contributed by atoms with Crippen molar-refractivity contribution in [3.8, 4) is 0 Å². The van der Waals surface area contributed by atoms with Gasteiger partial charge in [0.1, 0.15) is 14.4 Å². The molecular weight excluding hydrogens is 332 g/mol. The molecule has 0 bridgehead atoms. The van der Waals surface area contributed by atoms with Crippen molar-refractivity contribution in [1.29, 1.82) is 0 Å². The molecule has 0 aromatic carbocycles. The van der Waals surface area contributed by atoms with Crippen LogP contribution in [0.25, 0.3) is 0 Å². The predicted molar refractivity (Wildman–Crippen MR) is 53.6 cm³/mol. The molecule has 14 heavy (non-hydrogen) atoms. The number of rotatable bonds is 2. The Morgan fingerprint density at radius 3 is 2.64 bits per heavy atom. The number of hydrogen-bond donors (Lipinski definition) is 0. The van der Waals surface area contributed by atoms with Gasteiger partial charge >= 0.3 is 0 Å². The van der Waals surface area contributed by atoms with Gasteiger partial charge in [-0.25, -0.2) is 13.8 Å². The summed E-state index contributed by atoms with van der Waals surface area (Å²) in [6, 6.07) is 0.721.